The number of benzene rings is 1. The zero-order valence-electron chi connectivity index (χ0n) is 24.3. The van der Waals surface area contributed by atoms with E-state index in [1.807, 2.05) is 30.3 Å². The van der Waals surface area contributed by atoms with Gasteiger partial charge in [0.05, 0.1) is 36.1 Å². The maximum absolute atomic E-state index is 13.2. The number of aromatic nitrogens is 5. The van der Waals surface area contributed by atoms with Gasteiger partial charge < -0.3 is 29.6 Å². The number of hydrogen-bond donors (Lipinski definition) is 5. The van der Waals surface area contributed by atoms with E-state index in [2.05, 4.69) is 20.3 Å². The average Bonchev–Trinajstić information content (AvgIpc) is 3.62. The fraction of sp³-hybridized carbons (Fsp3) is 0.571. The zero-order valence-corrected chi connectivity index (χ0v) is 25.2. The van der Waals surface area contributed by atoms with Gasteiger partial charge in [0.2, 0.25) is 0 Å². The van der Waals surface area contributed by atoms with Gasteiger partial charge in [0.1, 0.15) is 18.3 Å². The summed E-state index contributed by atoms with van der Waals surface area (Å²) in [5, 5.41) is 29.2. The Balaban J connectivity index is 1.38. The molecule has 1 aromatic carbocycles. The molecule has 0 radical (unpaired) electrons. The number of ether oxygens (including phenoxy) is 2. The molecular formula is C28H38N5O9P. The largest absolute Gasteiger partial charge is 0.388 e. The average molecular weight is 620 g/mol. The van der Waals surface area contributed by atoms with Crippen molar-refractivity contribution in [3.05, 3.63) is 79.9 Å². The lowest BCUT2D eigenvalue weighted by Gasteiger charge is -2.37. The number of H-pyrrole nitrogens is 2. The minimum Gasteiger partial charge on any atom is -0.388 e. The Morgan fingerprint density at radius 1 is 1.14 bits per heavy atom. The molecular weight excluding hydrogens is 581 g/mol. The zero-order chi connectivity index (χ0) is 31.0. The standard InChI is InChI=1S/C28H38N5O9P/c1-4-27(5-2,42-43(38,39)28(6-3)16-40-28)13-20-22(34)23(35)24(41-20)21-19(29-26(37)30-25(21)36)12-18-15-33(32-31-18)14-17-10-8-7-9-11-17/h7-11,15,20,22-24,34-35H,4-6,12-14,16H2,1-3H3,(H,38,39)(H2,29,30,36,37). The molecule has 2 fully saturated rings. The lowest BCUT2D eigenvalue weighted by atomic mass is 9.88. The van der Waals surface area contributed by atoms with Gasteiger partial charge in [0.25, 0.3) is 5.56 Å². The number of aliphatic hydroxyl groups is 2. The highest BCUT2D eigenvalue weighted by molar-refractivity contribution is 7.54. The highest BCUT2D eigenvalue weighted by Gasteiger charge is 2.62. The molecule has 43 heavy (non-hydrogen) atoms. The van der Waals surface area contributed by atoms with Gasteiger partial charge in [-0.3, -0.25) is 18.9 Å². The van der Waals surface area contributed by atoms with E-state index in [0.29, 0.717) is 31.5 Å². The van der Waals surface area contributed by atoms with E-state index in [-0.39, 0.29) is 30.7 Å². The molecule has 0 bridgehead atoms. The predicted molar refractivity (Wildman–Crippen MR) is 153 cm³/mol. The van der Waals surface area contributed by atoms with Crippen LogP contribution in [-0.4, -0.2) is 75.9 Å². The van der Waals surface area contributed by atoms with Crippen molar-refractivity contribution in [3.63, 3.8) is 0 Å². The third-order valence-corrected chi connectivity index (χ3v) is 10.8. The Morgan fingerprint density at radius 3 is 2.47 bits per heavy atom. The highest BCUT2D eigenvalue weighted by atomic mass is 31.2. The molecule has 5 N–H and O–H groups in total. The molecule has 15 heteroatoms. The Labute approximate surface area is 247 Å². The van der Waals surface area contributed by atoms with Crippen molar-refractivity contribution in [2.45, 2.75) is 94.8 Å². The van der Waals surface area contributed by atoms with Crippen molar-refractivity contribution in [1.29, 1.82) is 0 Å². The molecule has 2 saturated heterocycles. The second kappa shape index (κ2) is 12.2. The van der Waals surface area contributed by atoms with Gasteiger partial charge in [0, 0.05) is 24.7 Å². The van der Waals surface area contributed by atoms with Crippen LogP contribution in [0.4, 0.5) is 0 Å². The number of epoxide rings is 1. The topological polar surface area (TPSA) is 205 Å². The fourth-order valence-corrected chi connectivity index (χ4v) is 7.47. The van der Waals surface area contributed by atoms with Gasteiger partial charge in [-0.05, 0) is 24.8 Å². The third kappa shape index (κ3) is 6.32. The summed E-state index contributed by atoms with van der Waals surface area (Å²) < 4.78 is 32.1. The smallest absolute Gasteiger partial charge is 0.362 e. The minimum absolute atomic E-state index is 0.000385. The lowest BCUT2D eigenvalue weighted by molar-refractivity contribution is -0.0572. The molecule has 0 aliphatic carbocycles. The molecule has 2 aliphatic rings. The molecule has 6 unspecified atom stereocenters. The van der Waals surface area contributed by atoms with Gasteiger partial charge in [-0.1, -0.05) is 56.3 Å². The van der Waals surface area contributed by atoms with Crippen LogP contribution in [0.15, 0.2) is 46.1 Å². The molecule has 3 aromatic rings. The quantitative estimate of drug-likeness (QED) is 0.138. The second-order valence-corrected chi connectivity index (χ2v) is 13.3. The molecule has 4 heterocycles. The van der Waals surface area contributed by atoms with Crippen LogP contribution < -0.4 is 11.2 Å². The molecule has 0 saturated carbocycles. The molecule has 5 rings (SSSR count). The number of rotatable bonds is 13. The molecule has 2 aliphatic heterocycles. The van der Waals surface area contributed by atoms with Crippen LogP contribution in [0.25, 0.3) is 0 Å². The van der Waals surface area contributed by atoms with Gasteiger partial charge in [0.15, 0.2) is 5.34 Å². The van der Waals surface area contributed by atoms with Crippen LogP contribution in [0.3, 0.4) is 0 Å². The Morgan fingerprint density at radius 2 is 1.84 bits per heavy atom. The van der Waals surface area contributed by atoms with Gasteiger partial charge in [-0.15, -0.1) is 5.10 Å². The van der Waals surface area contributed by atoms with Gasteiger partial charge in [-0.25, -0.2) is 9.48 Å². The molecule has 0 spiro atoms. The van der Waals surface area contributed by atoms with Crippen molar-refractivity contribution in [3.8, 4) is 0 Å². The van der Waals surface area contributed by atoms with E-state index in [4.69, 9.17) is 14.0 Å². The number of nitrogens with zero attached hydrogens (tertiary/aromatic N) is 3. The molecule has 2 aromatic heterocycles. The van der Waals surface area contributed by atoms with Crippen LogP contribution in [0, 0.1) is 0 Å². The number of aromatic amines is 2. The van der Waals surface area contributed by atoms with E-state index < -0.39 is 54.2 Å². The first kappa shape index (κ1) is 31.5. The number of aliphatic hydroxyl groups excluding tert-OH is 2. The van der Waals surface area contributed by atoms with E-state index in [1.165, 1.54) is 0 Å². The van der Waals surface area contributed by atoms with E-state index in [9.17, 15) is 29.3 Å². The summed E-state index contributed by atoms with van der Waals surface area (Å²) in [6.07, 6.45) is -2.78. The molecule has 234 valence electrons. The molecule has 6 atom stereocenters. The lowest BCUT2D eigenvalue weighted by Crippen LogP contribution is -2.40. The van der Waals surface area contributed by atoms with Crippen LogP contribution in [-0.2, 0) is 31.5 Å². The third-order valence-electron chi connectivity index (χ3n) is 8.56. The van der Waals surface area contributed by atoms with Gasteiger partial charge >= 0.3 is 13.3 Å². The van der Waals surface area contributed by atoms with Gasteiger partial charge in [-0.2, -0.15) is 0 Å². The van der Waals surface area contributed by atoms with Crippen LogP contribution in [0.5, 0.6) is 0 Å². The summed E-state index contributed by atoms with van der Waals surface area (Å²) in [5.74, 6) is 0. The minimum atomic E-state index is -4.22. The van der Waals surface area contributed by atoms with Crippen molar-refractivity contribution in [1.82, 2.24) is 25.0 Å². The molecule has 0 amide bonds. The summed E-state index contributed by atoms with van der Waals surface area (Å²) in [5.41, 5.74) is -1.15. The maximum Gasteiger partial charge on any atom is 0.362 e. The number of nitrogens with one attached hydrogen (secondary N) is 2. The van der Waals surface area contributed by atoms with Crippen LogP contribution in [0.2, 0.25) is 0 Å². The maximum atomic E-state index is 13.2. The Hall–Kier alpha value is -2.97. The Bertz CT molecular complexity index is 1580. The normalized spacial score (nSPS) is 26.8. The van der Waals surface area contributed by atoms with Crippen LogP contribution >= 0.6 is 7.60 Å². The van der Waals surface area contributed by atoms with Crippen molar-refractivity contribution in [2.24, 2.45) is 0 Å². The summed E-state index contributed by atoms with van der Waals surface area (Å²) in [6, 6.07) is 9.64. The fourth-order valence-electron chi connectivity index (χ4n) is 5.66. The van der Waals surface area contributed by atoms with Crippen molar-refractivity contribution >= 4 is 7.60 Å². The first-order valence-electron chi connectivity index (χ1n) is 14.4. The number of hydrogen-bond acceptors (Lipinski definition) is 10. The van der Waals surface area contributed by atoms with Crippen molar-refractivity contribution < 1.29 is 33.7 Å². The summed E-state index contributed by atoms with van der Waals surface area (Å²) >= 11 is 0. The summed E-state index contributed by atoms with van der Waals surface area (Å²) in [7, 11) is -4.22. The highest BCUT2D eigenvalue weighted by Crippen LogP contribution is 2.67. The van der Waals surface area contributed by atoms with E-state index >= 15 is 0 Å². The summed E-state index contributed by atoms with van der Waals surface area (Å²) in [4.78, 5) is 40.9. The molecule has 14 nitrogen and oxygen atoms in total. The van der Waals surface area contributed by atoms with E-state index in [1.54, 1.807) is 31.6 Å². The summed E-state index contributed by atoms with van der Waals surface area (Å²) in [6.45, 7) is 5.91. The first-order chi connectivity index (χ1) is 20.4. The second-order valence-electron chi connectivity index (χ2n) is 11.2. The predicted octanol–water partition coefficient (Wildman–Crippen LogP) is 1.74. The first-order valence-corrected chi connectivity index (χ1v) is 16.0. The van der Waals surface area contributed by atoms with Crippen LogP contribution in [0.1, 0.15) is 75.1 Å². The van der Waals surface area contributed by atoms with Crippen molar-refractivity contribution in [2.75, 3.05) is 6.61 Å². The SMILES string of the molecule is CCC(CC)(CC1OC(c2c(Cc3cn(Cc4ccccc4)nn3)[nH]c(=O)[nH]c2=O)C(O)C1O)OP(=O)(O)C1(CC)CO1. The van der Waals surface area contributed by atoms with E-state index in [0.717, 1.165) is 5.56 Å². The monoisotopic (exact) mass is 619 g/mol. The Kier molecular flexibility index (Phi) is 8.92.